The maximum atomic E-state index is 12.5. The Bertz CT molecular complexity index is 438. The molecule has 0 atom stereocenters. The Kier molecular flexibility index (Phi) is 5.00. The molecule has 0 amide bonds. The molecule has 0 aromatic rings. The van der Waals surface area contributed by atoms with Crippen LogP contribution in [0.25, 0.3) is 0 Å². The van der Waals surface area contributed by atoms with Crippen LogP contribution in [-0.4, -0.2) is 78.8 Å². The van der Waals surface area contributed by atoms with Gasteiger partial charge >= 0.3 is 5.97 Å². The molecule has 2 heterocycles. The van der Waals surface area contributed by atoms with Crippen molar-refractivity contribution in [1.82, 2.24) is 13.5 Å². The molecule has 116 valence electrons. The third kappa shape index (κ3) is 3.30. The Morgan fingerprint density at radius 1 is 1.05 bits per heavy atom. The number of hydrogen-bond acceptors (Lipinski definition) is 4. The second kappa shape index (κ2) is 6.38. The predicted molar refractivity (Wildman–Crippen MR) is 74.5 cm³/mol. The van der Waals surface area contributed by atoms with E-state index in [1.807, 2.05) is 0 Å². The minimum Gasteiger partial charge on any atom is -0.481 e. The second-order valence-electron chi connectivity index (χ2n) is 5.35. The van der Waals surface area contributed by atoms with E-state index in [1.165, 1.54) is 8.61 Å². The first-order valence-corrected chi connectivity index (χ1v) is 8.55. The van der Waals surface area contributed by atoms with Crippen LogP contribution >= 0.6 is 0 Å². The standard InChI is InChI=1S/C12H23N3O4S/c1-2-13-7-9-15(10-8-13)20(18,19)14-5-3-11(4-6-14)12(16)17/h11H,2-10H2,1H3,(H,16,17). The molecule has 0 aliphatic carbocycles. The smallest absolute Gasteiger partial charge is 0.306 e. The third-order valence-electron chi connectivity index (χ3n) is 4.23. The van der Waals surface area contributed by atoms with E-state index in [0.717, 1.165) is 19.6 Å². The van der Waals surface area contributed by atoms with Gasteiger partial charge in [-0.3, -0.25) is 4.79 Å². The zero-order valence-corrected chi connectivity index (χ0v) is 12.7. The Labute approximate surface area is 120 Å². The van der Waals surface area contributed by atoms with Crippen LogP contribution in [0.3, 0.4) is 0 Å². The molecule has 1 N–H and O–H groups in total. The highest BCUT2D eigenvalue weighted by molar-refractivity contribution is 7.86. The molecule has 0 radical (unpaired) electrons. The number of piperidine rings is 1. The molecule has 7 nitrogen and oxygen atoms in total. The van der Waals surface area contributed by atoms with Crippen LogP contribution in [0, 0.1) is 5.92 Å². The quantitative estimate of drug-likeness (QED) is 0.769. The minimum atomic E-state index is -3.42. The Balaban J connectivity index is 1.93. The van der Waals surface area contributed by atoms with Gasteiger partial charge in [0.2, 0.25) is 0 Å². The van der Waals surface area contributed by atoms with Crippen molar-refractivity contribution >= 4 is 16.2 Å². The summed E-state index contributed by atoms with van der Waals surface area (Å²) in [6.45, 7) is 6.21. The van der Waals surface area contributed by atoms with Crippen molar-refractivity contribution in [2.24, 2.45) is 5.92 Å². The lowest BCUT2D eigenvalue weighted by molar-refractivity contribution is -0.142. The first kappa shape index (κ1) is 15.7. The van der Waals surface area contributed by atoms with E-state index in [4.69, 9.17) is 5.11 Å². The summed E-state index contributed by atoms with van der Waals surface area (Å²) in [6, 6.07) is 0. The third-order valence-corrected chi connectivity index (χ3v) is 6.27. The Morgan fingerprint density at radius 2 is 1.55 bits per heavy atom. The Hall–Kier alpha value is -0.700. The lowest BCUT2D eigenvalue weighted by Crippen LogP contribution is -2.54. The van der Waals surface area contributed by atoms with Crippen LogP contribution in [-0.2, 0) is 15.0 Å². The zero-order valence-electron chi connectivity index (χ0n) is 11.9. The van der Waals surface area contributed by atoms with Gasteiger partial charge in [-0.1, -0.05) is 6.92 Å². The van der Waals surface area contributed by atoms with Gasteiger partial charge in [-0.2, -0.15) is 17.0 Å². The number of nitrogens with zero attached hydrogens (tertiary/aromatic N) is 3. The lowest BCUT2D eigenvalue weighted by Gasteiger charge is -2.38. The van der Waals surface area contributed by atoms with Crippen LogP contribution in [0.4, 0.5) is 0 Å². The van der Waals surface area contributed by atoms with Crippen molar-refractivity contribution in [3.8, 4) is 0 Å². The molecule has 2 rings (SSSR count). The maximum absolute atomic E-state index is 12.5. The van der Waals surface area contributed by atoms with Crippen LogP contribution in [0.2, 0.25) is 0 Å². The summed E-state index contributed by atoms with van der Waals surface area (Å²) in [4.78, 5) is 13.1. The lowest BCUT2D eigenvalue weighted by atomic mass is 9.99. The number of carboxylic acid groups (broad SMARTS) is 1. The summed E-state index contributed by atoms with van der Waals surface area (Å²) in [5.41, 5.74) is 0. The van der Waals surface area contributed by atoms with E-state index in [0.29, 0.717) is 39.0 Å². The molecule has 2 saturated heterocycles. The molecular weight excluding hydrogens is 282 g/mol. The molecule has 0 aromatic heterocycles. The molecule has 0 bridgehead atoms. The van der Waals surface area contributed by atoms with Crippen molar-refractivity contribution in [2.75, 3.05) is 45.8 Å². The van der Waals surface area contributed by atoms with Gasteiger partial charge < -0.3 is 10.0 Å². The summed E-state index contributed by atoms with van der Waals surface area (Å²) < 4.78 is 28.0. The normalized spacial score (nSPS) is 24.9. The van der Waals surface area contributed by atoms with Gasteiger partial charge in [0.05, 0.1) is 5.92 Å². The molecule has 0 aromatic carbocycles. The number of carbonyl (C=O) groups is 1. The predicted octanol–water partition coefficient (Wildman–Crippen LogP) is -0.335. The van der Waals surface area contributed by atoms with Gasteiger partial charge in [-0.25, -0.2) is 0 Å². The van der Waals surface area contributed by atoms with Gasteiger partial charge in [0.1, 0.15) is 0 Å². The summed E-state index contributed by atoms with van der Waals surface area (Å²) in [7, 11) is -3.42. The van der Waals surface area contributed by atoms with Crippen LogP contribution in [0.5, 0.6) is 0 Å². The number of piperazine rings is 1. The van der Waals surface area contributed by atoms with Gasteiger partial charge in [0, 0.05) is 39.3 Å². The number of likely N-dealkylation sites (N-methyl/N-ethyl adjacent to an activating group) is 1. The number of aliphatic carboxylic acids is 1. The van der Waals surface area contributed by atoms with E-state index >= 15 is 0 Å². The van der Waals surface area contributed by atoms with Crippen molar-refractivity contribution in [3.63, 3.8) is 0 Å². The van der Waals surface area contributed by atoms with Crippen molar-refractivity contribution in [3.05, 3.63) is 0 Å². The zero-order chi connectivity index (χ0) is 14.8. The number of rotatable bonds is 4. The first-order chi connectivity index (χ1) is 9.45. The monoisotopic (exact) mass is 305 g/mol. The minimum absolute atomic E-state index is 0.313. The van der Waals surface area contributed by atoms with Crippen molar-refractivity contribution < 1.29 is 18.3 Å². The van der Waals surface area contributed by atoms with Gasteiger partial charge in [0.15, 0.2) is 0 Å². The SMILES string of the molecule is CCN1CCN(S(=O)(=O)N2CCC(C(=O)O)CC2)CC1. The average Bonchev–Trinajstić information content (AvgIpc) is 2.47. The van der Waals surface area contributed by atoms with E-state index < -0.39 is 22.1 Å². The summed E-state index contributed by atoms with van der Waals surface area (Å²) in [5.74, 6) is -1.23. The number of hydrogen-bond donors (Lipinski definition) is 1. The molecule has 2 aliphatic rings. The van der Waals surface area contributed by atoms with Gasteiger partial charge in [0.25, 0.3) is 10.2 Å². The van der Waals surface area contributed by atoms with Crippen molar-refractivity contribution in [2.45, 2.75) is 19.8 Å². The Morgan fingerprint density at radius 3 is 2.00 bits per heavy atom. The molecule has 0 spiro atoms. The molecule has 0 saturated carbocycles. The fourth-order valence-corrected chi connectivity index (χ4v) is 4.40. The van der Waals surface area contributed by atoms with E-state index in [-0.39, 0.29) is 0 Å². The van der Waals surface area contributed by atoms with Crippen LogP contribution < -0.4 is 0 Å². The van der Waals surface area contributed by atoms with Gasteiger partial charge in [-0.15, -0.1) is 0 Å². The van der Waals surface area contributed by atoms with Crippen LogP contribution in [0.15, 0.2) is 0 Å². The maximum Gasteiger partial charge on any atom is 0.306 e. The molecule has 2 aliphatic heterocycles. The molecule has 20 heavy (non-hydrogen) atoms. The molecule has 0 unspecified atom stereocenters. The summed E-state index contributed by atoms with van der Waals surface area (Å²) in [5, 5.41) is 8.95. The average molecular weight is 305 g/mol. The summed E-state index contributed by atoms with van der Waals surface area (Å²) in [6.07, 6.45) is 0.812. The largest absolute Gasteiger partial charge is 0.481 e. The fraction of sp³-hybridized carbons (Fsp3) is 0.917. The van der Waals surface area contributed by atoms with Crippen LogP contribution in [0.1, 0.15) is 19.8 Å². The van der Waals surface area contributed by atoms with Gasteiger partial charge in [-0.05, 0) is 19.4 Å². The second-order valence-corrected chi connectivity index (χ2v) is 7.28. The number of carboxylic acids is 1. The van der Waals surface area contributed by atoms with E-state index in [9.17, 15) is 13.2 Å². The molecular formula is C12H23N3O4S. The fourth-order valence-electron chi connectivity index (χ4n) is 2.77. The highest BCUT2D eigenvalue weighted by atomic mass is 32.2. The van der Waals surface area contributed by atoms with E-state index in [2.05, 4.69) is 11.8 Å². The summed E-state index contributed by atoms with van der Waals surface area (Å²) >= 11 is 0. The first-order valence-electron chi connectivity index (χ1n) is 7.15. The van der Waals surface area contributed by atoms with Crippen molar-refractivity contribution in [1.29, 1.82) is 0 Å². The molecule has 8 heteroatoms. The highest BCUT2D eigenvalue weighted by Gasteiger charge is 2.35. The highest BCUT2D eigenvalue weighted by Crippen LogP contribution is 2.22. The van der Waals surface area contributed by atoms with E-state index in [1.54, 1.807) is 0 Å². The topological polar surface area (TPSA) is 81.2 Å². The molecule has 2 fully saturated rings.